The van der Waals surface area contributed by atoms with Gasteiger partial charge in [-0.3, -0.25) is 9.69 Å². The Morgan fingerprint density at radius 2 is 2.35 bits per heavy atom. The van der Waals surface area contributed by atoms with Crippen molar-refractivity contribution in [3.63, 3.8) is 0 Å². The minimum absolute atomic E-state index is 0.0362. The Morgan fingerprint density at radius 3 is 3.12 bits per heavy atom. The number of nitrogens with zero attached hydrogens (tertiary/aromatic N) is 2. The number of fused-ring (bicyclic) bond motifs is 1. The van der Waals surface area contributed by atoms with Gasteiger partial charge in [-0.15, -0.1) is 0 Å². The molecule has 3 rings (SSSR count). The Balaban J connectivity index is 1.76. The van der Waals surface area contributed by atoms with Crippen molar-refractivity contribution in [1.29, 1.82) is 0 Å². The lowest BCUT2D eigenvalue weighted by atomic mass is 10.1. The van der Waals surface area contributed by atoms with Crippen LogP contribution in [-0.4, -0.2) is 47.4 Å². The number of hydrogen-bond donors (Lipinski definition) is 0. The van der Waals surface area contributed by atoms with E-state index in [9.17, 15) is 4.79 Å². The first-order valence-electron chi connectivity index (χ1n) is 6.34. The van der Waals surface area contributed by atoms with E-state index < -0.39 is 0 Å². The molecule has 4 nitrogen and oxygen atoms in total. The van der Waals surface area contributed by atoms with E-state index in [1.54, 1.807) is 18.4 Å². The molecule has 4 heteroatoms. The lowest BCUT2D eigenvalue weighted by Crippen LogP contribution is -2.56. The Kier molecular flexibility index (Phi) is 2.67. The first-order chi connectivity index (χ1) is 8.25. The van der Waals surface area contributed by atoms with E-state index in [1.807, 2.05) is 4.90 Å². The first-order valence-corrected chi connectivity index (χ1v) is 6.34. The van der Waals surface area contributed by atoms with Crippen LogP contribution in [0.25, 0.3) is 0 Å². The molecule has 2 atom stereocenters. The van der Waals surface area contributed by atoms with Gasteiger partial charge < -0.3 is 9.32 Å². The summed E-state index contributed by atoms with van der Waals surface area (Å²) in [5, 5.41) is 0. The van der Waals surface area contributed by atoms with E-state index >= 15 is 0 Å². The first kappa shape index (κ1) is 10.8. The van der Waals surface area contributed by atoms with Crippen LogP contribution < -0.4 is 0 Å². The molecule has 17 heavy (non-hydrogen) atoms. The zero-order valence-electron chi connectivity index (χ0n) is 10.1. The summed E-state index contributed by atoms with van der Waals surface area (Å²) in [5.74, 6) is 0.498. The number of amides is 1. The number of rotatable bonds is 1. The maximum atomic E-state index is 12.3. The molecule has 0 aromatic carbocycles. The maximum absolute atomic E-state index is 12.3. The van der Waals surface area contributed by atoms with Gasteiger partial charge in [-0.1, -0.05) is 0 Å². The lowest BCUT2D eigenvalue weighted by molar-refractivity contribution is 0.0368. The summed E-state index contributed by atoms with van der Waals surface area (Å²) in [6.07, 6.45) is 4.04. The summed E-state index contributed by atoms with van der Waals surface area (Å²) in [6.45, 7) is 5.16. The fourth-order valence-electron chi connectivity index (χ4n) is 3.01. The van der Waals surface area contributed by atoms with Crippen LogP contribution in [0.15, 0.2) is 22.8 Å². The summed E-state index contributed by atoms with van der Waals surface area (Å²) in [5.41, 5.74) is 0. The zero-order chi connectivity index (χ0) is 11.8. The van der Waals surface area contributed by atoms with Crippen molar-refractivity contribution in [2.75, 3.05) is 19.6 Å². The van der Waals surface area contributed by atoms with Crippen LogP contribution in [0.1, 0.15) is 30.3 Å². The highest BCUT2D eigenvalue weighted by atomic mass is 16.3. The molecule has 0 aliphatic carbocycles. The molecule has 2 aliphatic rings. The van der Waals surface area contributed by atoms with Gasteiger partial charge in [0.25, 0.3) is 5.91 Å². The van der Waals surface area contributed by atoms with Gasteiger partial charge >= 0.3 is 0 Å². The monoisotopic (exact) mass is 234 g/mol. The third kappa shape index (κ3) is 1.86. The highest BCUT2D eigenvalue weighted by Crippen LogP contribution is 2.25. The molecule has 92 valence electrons. The van der Waals surface area contributed by atoms with Crippen LogP contribution in [0.5, 0.6) is 0 Å². The van der Waals surface area contributed by atoms with Gasteiger partial charge in [-0.25, -0.2) is 0 Å². The van der Waals surface area contributed by atoms with E-state index in [0.29, 0.717) is 11.8 Å². The number of piperazine rings is 1. The molecular formula is C13H18N2O2. The highest BCUT2D eigenvalue weighted by molar-refractivity contribution is 5.91. The topological polar surface area (TPSA) is 36.7 Å². The minimum atomic E-state index is 0.0362. The second-order valence-electron chi connectivity index (χ2n) is 5.07. The van der Waals surface area contributed by atoms with E-state index in [0.717, 1.165) is 13.1 Å². The van der Waals surface area contributed by atoms with Crippen molar-refractivity contribution >= 4 is 5.91 Å². The van der Waals surface area contributed by atoms with Crippen molar-refractivity contribution in [2.45, 2.75) is 31.8 Å². The van der Waals surface area contributed by atoms with Crippen LogP contribution >= 0.6 is 0 Å². The molecule has 2 aliphatic heterocycles. The van der Waals surface area contributed by atoms with E-state index in [4.69, 9.17) is 4.42 Å². The zero-order valence-corrected chi connectivity index (χ0v) is 10.1. The van der Waals surface area contributed by atoms with Crippen LogP contribution in [0.3, 0.4) is 0 Å². The van der Waals surface area contributed by atoms with Crippen LogP contribution in [0.2, 0.25) is 0 Å². The summed E-state index contributed by atoms with van der Waals surface area (Å²) in [7, 11) is 0. The average molecular weight is 234 g/mol. The normalized spacial score (nSPS) is 29.4. The summed E-state index contributed by atoms with van der Waals surface area (Å²) >= 11 is 0. The second-order valence-corrected chi connectivity index (χ2v) is 5.07. The van der Waals surface area contributed by atoms with E-state index in [-0.39, 0.29) is 11.9 Å². The second kappa shape index (κ2) is 4.18. The molecule has 2 saturated heterocycles. The third-order valence-corrected chi connectivity index (χ3v) is 3.93. The van der Waals surface area contributed by atoms with Gasteiger partial charge in [0.2, 0.25) is 0 Å². The molecule has 1 aromatic heterocycles. The number of hydrogen-bond acceptors (Lipinski definition) is 3. The molecular weight excluding hydrogens is 216 g/mol. The summed E-state index contributed by atoms with van der Waals surface area (Å²) < 4.78 is 5.20. The number of carbonyl (C=O) groups excluding carboxylic acids is 1. The summed E-state index contributed by atoms with van der Waals surface area (Å²) in [4.78, 5) is 16.7. The molecule has 3 heterocycles. The lowest BCUT2D eigenvalue weighted by Gasteiger charge is -2.41. The van der Waals surface area contributed by atoms with Gasteiger partial charge in [0.15, 0.2) is 5.76 Å². The molecule has 0 bridgehead atoms. The van der Waals surface area contributed by atoms with E-state index in [1.165, 1.54) is 19.4 Å². The van der Waals surface area contributed by atoms with Crippen molar-refractivity contribution in [3.05, 3.63) is 24.2 Å². The highest BCUT2D eigenvalue weighted by Gasteiger charge is 2.37. The summed E-state index contributed by atoms with van der Waals surface area (Å²) in [6, 6.07) is 4.35. The van der Waals surface area contributed by atoms with Crippen LogP contribution in [0.4, 0.5) is 0 Å². The Morgan fingerprint density at radius 1 is 1.47 bits per heavy atom. The van der Waals surface area contributed by atoms with Gasteiger partial charge in [0.05, 0.1) is 6.26 Å². The quantitative estimate of drug-likeness (QED) is 0.740. The number of furan rings is 1. The number of carbonyl (C=O) groups is 1. The smallest absolute Gasteiger partial charge is 0.289 e. The molecule has 2 fully saturated rings. The van der Waals surface area contributed by atoms with Crippen LogP contribution in [0, 0.1) is 0 Å². The molecule has 0 N–H and O–H groups in total. The van der Waals surface area contributed by atoms with Crippen molar-refractivity contribution in [2.24, 2.45) is 0 Å². The van der Waals surface area contributed by atoms with Gasteiger partial charge in [-0.2, -0.15) is 0 Å². The third-order valence-electron chi connectivity index (χ3n) is 3.93. The van der Waals surface area contributed by atoms with E-state index in [2.05, 4.69) is 11.8 Å². The maximum Gasteiger partial charge on any atom is 0.289 e. The Labute approximate surface area is 101 Å². The van der Waals surface area contributed by atoms with Crippen LogP contribution in [-0.2, 0) is 0 Å². The minimum Gasteiger partial charge on any atom is -0.459 e. The predicted octanol–water partition coefficient (Wildman–Crippen LogP) is 1.59. The van der Waals surface area contributed by atoms with Gasteiger partial charge in [0, 0.05) is 25.2 Å². The SMILES string of the molecule is CC1CN2CCCC2CN1C(=O)c1ccco1. The Hall–Kier alpha value is -1.29. The predicted molar refractivity (Wildman–Crippen MR) is 63.8 cm³/mol. The molecule has 0 radical (unpaired) electrons. The van der Waals surface area contributed by atoms with Gasteiger partial charge in [-0.05, 0) is 38.4 Å². The average Bonchev–Trinajstić information content (AvgIpc) is 2.97. The van der Waals surface area contributed by atoms with Crippen molar-refractivity contribution < 1.29 is 9.21 Å². The van der Waals surface area contributed by atoms with Crippen molar-refractivity contribution in [1.82, 2.24) is 9.80 Å². The van der Waals surface area contributed by atoms with Gasteiger partial charge in [0.1, 0.15) is 0 Å². The fraction of sp³-hybridized carbons (Fsp3) is 0.615. The molecule has 0 spiro atoms. The Bertz CT molecular complexity index is 402. The molecule has 2 unspecified atom stereocenters. The largest absolute Gasteiger partial charge is 0.459 e. The fourth-order valence-corrected chi connectivity index (χ4v) is 3.01. The molecule has 1 aromatic rings. The standard InChI is InChI=1S/C13H18N2O2/c1-10-8-14-6-2-4-11(14)9-15(10)13(16)12-5-3-7-17-12/h3,5,7,10-11H,2,4,6,8-9H2,1H3. The van der Waals surface area contributed by atoms with Crippen molar-refractivity contribution in [3.8, 4) is 0 Å². The molecule has 0 saturated carbocycles. The molecule has 1 amide bonds.